The molecule has 22 heavy (non-hydrogen) atoms. The van der Waals surface area contributed by atoms with Crippen molar-refractivity contribution in [3.63, 3.8) is 0 Å². The molecule has 2 aromatic rings. The highest BCUT2D eigenvalue weighted by Gasteiger charge is 2.15. The topological polar surface area (TPSA) is 51.8 Å². The summed E-state index contributed by atoms with van der Waals surface area (Å²) in [4.78, 5) is 9.22. The predicted octanol–water partition coefficient (Wildman–Crippen LogP) is 5.08. The molecule has 116 valence electrons. The van der Waals surface area contributed by atoms with Crippen LogP contribution in [0.3, 0.4) is 0 Å². The molecule has 0 aliphatic carbocycles. The lowest BCUT2D eigenvalue weighted by atomic mass is 10.1. The first-order valence-electron chi connectivity index (χ1n) is 7.25. The summed E-state index contributed by atoms with van der Waals surface area (Å²) in [5.41, 5.74) is 9.63. The number of aromatic nitrogens is 2. The van der Waals surface area contributed by atoms with Gasteiger partial charge in [-0.1, -0.05) is 62.9 Å². The third-order valence-corrected chi connectivity index (χ3v) is 3.20. The number of nitrogens with two attached hydrogens (primary N) is 1. The van der Waals surface area contributed by atoms with Crippen molar-refractivity contribution in [2.75, 3.05) is 0 Å². The van der Waals surface area contributed by atoms with Crippen LogP contribution in [0.4, 0.5) is 0 Å². The Morgan fingerprint density at radius 3 is 2.50 bits per heavy atom. The van der Waals surface area contributed by atoms with E-state index in [0.29, 0.717) is 21.9 Å². The van der Waals surface area contributed by atoms with Crippen molar-refractivity contribution in [3.8, 4) is 0 Å². The van der Waals surface area contributed by atoms with Crippen LogP contribution in [0.1, 0.15) is 38.2 Å². The fraction of sp³-hybridized carbons (Fsp3) is 0.222. The second-order valence-corrected chi connectivity index (χ2v) is 4.82. The van der Waals surface area contributed by atoms with Gasteiger partial charge >= 0.3 is 0 Å². The Kier molecular flexibility index (Phi) is 6.96. The monoisotopic (exact) mass is 315 g/mol. The number of halogens is 1. The molecule has 0 saturated carbocycles. The summed E-state index contributed by atoms with van der Waals surface area (Å²) in [7, 11) is 0. The summed E-state index contributed by atoms with van der Waals surface area (Å²) in [5, 5.41) is 0.564. The summed E-state index contributed by atoms with van der Waals surface area (Å²) in [6, 6.07) is 5.26. The number of para-hydroxylation sites is 1. The highest BCUT2D eigenvalue weighted by Crippen LogP contribution is 2.27. The number of nitrogens with zero attached hydrogens (tertiary/aromatic N) is 2. The molecule has 1 unspecified atom stereocenters. The van der Waals surface area contributed by atoms with Crippen LogP contribution in [-0.2, 0) is 0 Å². The van der Waals surface area contributed by atoms with Crippen molar-refractivity contribution in [2.45, 2.75) is 26.8 Å². The quantitative estimate of drug-likeness (QED) is 0.800. The average Bonchev–Trinajstić information content (AvgIpc) is 2.54. The van der Waals surface area contributed by atoms with E-state index in [2.05, 4.69) is 23.1 Å². The molecule has 2 N–H and O–H groups in total. The first-order valence-corrected chi connectivity index (χ1v) is 7.63. The van der Waals surface area contributed by atoms with Gasteiger partial charge in [0.15, 0.2) is 0 Å². The summed E-state index contributed by atoms with van der Waals surface area (Å²) < 4.78 is 0. The van der Waals surface area contributed by atoms with E-state index in [1.165, 1.54) is 0 Å². The van der Waals surface area contributed by atoms with Crippen LogP contribution in [0.5, 0.6) is 0 Å². The van der Waals surface area contributed by atoms with E-state index in [1.807, 2.05) is 39.0 Å². The molecule has 0 aliphatic heterocycles. The number of allylic oxidation sites excluding steroid dienone is 4. The lowest BCUT2D eigenvalue weighted by Crippen LogP contribution is -2.12. The molecule has 0 spiro atoms. The minimum Gasteiger partial charge on any atom is -0.323 e. The lowest BCUT2D eigenvalue weighted by molar-refractivity contribution is 0.776. The molecular formula is C18H22ClN3. The number of benzene rings is 1. The van der Waals surface area contributed by atoms with E-state index in [1.54, 1.807) is 18.2 Å². The van der Waals surface area contributed by atoms with Crippen molar-refractivity contribution >= 4 is 28.2 Å². The fourth-order valence-corrected chi connectivity index (χ4v) is 2.17. The van der Waals surface area contributed by atoms with Gasteiger partial charge in [-0.2, -0.15) is 0 Å². The van der Waals surface area contributed by atoms with Crippen molar-refractivity contribution < 1.29 is 0 Å². The maximum absolute atomic E-state index is 6.19. The first kappa shape index (κ1) is 18.1. The van der Waals surface area contributed by atoms with Gasteiger partial charge in [0.2, 0.25) is 0 Å². The van der Waals surface area contributed by atoms with Gasteiger partial charge in [0.1, 0.15) is 5.52 Å². The molecule has 1 aromatic carbocycles. The smallest absolute Gasteiger partial charge is 0.108 e. The Morgan fingerprint density at radius 1 is 1.27 bits per heavy atom. The largest absolute Gasteiger partial charge is 0.323 e. The SMILES string of the molecule is C=C/C=C(\C=C)c1nc2c(Cl)cccc2nc1C(C)N.CC. The number of hydrogen-bond acceptors (Lipinski definition) is 3. The van der Waals surface area contributed by atoms with E-state index in [0.717, 1.165) is 11.1 Å². The van der Waals surface area contributed by atoms with Gasteiger partial charge in [0, 0.05) is 11.6 Å². The van der Waals surface area contributed by atoms with E-state index in [-0.39, 0.29) is 6.04 Å². The van der Waals surface area contributed by atoms with E-state index >= 15 is 0 Å². The summed E-state index contributed by atoms with van der Waals surface area (Å²) in [6.45, 7) is 13.4. The minimum atomic E-state index is -0.242. The molecule has 0 amide bonds. The summed E-state index contributed by atoms with van der Waals surface area (Å²) >= 11 is 6.19. The molecule has 1 heterocycles. The summed E-state index contributed by atoms with van der Waals surface area (Å²) in [6.07, 6.45) is 5.21. The Morgan fingerprint density at radius 2 is 1.95 bits per heavy atom. The van der Waals surface area contributed by atoms with Crippen LogP contribution in [0.25, 0.3) is 16.6 Å². The molecule has 0 aliphatic rings. The van der Waals surface area contributed by atoms with Crippen LogP contribution in [0.15, 0.2) is 49.6 Å². The van der Waals surface area contributed by atoms with Gasteiger partial charge in [0.25, 0.3) is 0 Å². The van der Waals surface area contributed by atoms with Crippen LogP contribution in [0, 0.1) is 0 Å². The second kappa shape index (κ2) is 8.47. The molecule has 0 bridgehead atoms. The highest BCUT2D eigenvalue weighted by molar-refractivity contribution is 6.34. The molecule has 2 rings (SSSR count). The zero-order valence-electron chi connectivity index (χ0n) is 13.3. The normalized spacial score (nSPS) is 12.3. The number of hydrogen-bond donors (Lipinski definition) is 1. The van der Waals surface area contributed by atoms with E-state index in [9.17, 15) is 0 Å². The van der Waals surface area contributed by atoms with Crippen molar-refractivity contribution in [3.05, 3.63) is 66.0 Å². The second-order valence-electron chi connectivity index (χ2n) is 4.42. The molecule has 1 atom stereocenters. The van der Waals surface area contributed by atoms with Crippen molar-refractivity contribution in [2.24, 2.45) is 5.73 Å². The molecule has 0 radical (unpaired) electrons. The standard InChI is InChI=1S/C16H16ClN3.C2H6/c1-4-7-11(5-2)15-14(10(3)18)19-13-9-6-8-12(17)16(13)20-15;1-2/h4-10H,1-2,18H2,3H3;1-2H3/b11-7+;. The molecular weight excluding hydrogens is 294 g/mol. The van der Waals surface area contributed by atoms with Crippen LogP contribution in [-0.4, -0.2) is 9.97 Å². The number of fused-ring (bicyclic) bond motifs is 1. The van der Waals surface area contributed by atoms with Gasteiger partial charge in [-0.15, -0.1) is 0 Å². The lowest BCUT2D eigenvalue weighted by Gasteiger charge is -2.13. The maximum Gasteiger partial charge on any atom is 0.108 e. The Balaban J connectivity index is 0.00000116. The van der Waals surface area contributed by atoms with Gasteiger partial charge < -0.3 is 5.73 Å². The van der Waals surface area contributed by atoms with Crippen molar-refractivity contribution in [1.82, 2.24) is 9.97 Å². The van der Waals surface area contributed by atoms with E-state index in [4.69, 9.17) is 17.3 Å². The Bertz CT molecular complexity index is 703. The minimum absolute atomic E-state index is 0.242. The van der Waals surface area contributed by atoms with Crippen LogP contribution in [0.2, 0.25) is 5.02 Å². The van der Waals surface area contributed by atoms with Gasteiger partial charge in [-0.25, -0.2) is 9.97 Å². The predicted molar refractivity (Wildman–Crippen MR) is 96.9 cm³/mol. The molecule has 3 nitrogen and oxygen atoms in total. The van der Waals surface area contributed by atoms with Crippen LogP contribution >= 0.6 is 11.6 Å². The number of rotatable bonds is 4. The summed E-state index contributed by atoms with van der Waals surface area (Å²) in [5.74, 6) is 0. The zero-order valence-corrected chi connectivity index (χ0v) is 14.1. The van der Waals surface area contributed by atoms with Gasteiger partial charge in [0.05, 0.1) is 21.9 Å². The van der Waals surface area contributed by atoms with E-state index < -0.39 is 0 Å². The van der Waals surface area contributed by atoms with Gasteiger partial charge in [-0.3, -0.25) is 0 Å². The van der Waals surface area contributed by atoms with Gasteiger partial charge in [-0.05, 0) is 19.1 Å². The fourth-order valence-electron chi connectivity index (χ4n) is 1.96. The third-order valence-electron chi connectivity index (χ3n) is 2.89. The molecule has 0 saturated heterocycles. The molecule has 4 heteroatoms. The average molecular weight is 316 g/mol. The van der Waals surface area contributed by atoms with Crippen molar-refractivity contribution in [1.29, 1.82) is 0 Å². The Labute approximate surface area is 137 Å². The Hall–Kier alpha value is -1.97. The highest BCUT2D eigenvalue weighted by atomic mass is 35.5. The maximum atomic E-state index is 6.19. The molecule has 1 aromatic heterocycles. The molecule has 0 fully saturated rings. The third kappa shape index (κ3) is 3.81. The zero-order chi connectivity index (χ0) is 16.7. The van der Waals surface area contributed by atoms with Crippen LogP contribution < -0.4 is 5.73 Å². The first-order chi connectivity index (χ1) is 10.6.